The molecule has 0 fully saturated rings. The molecular weight excluding hydrogens is 262 g/mol. The van der Waals surface area contributed by atoms with E-state index in [2.05, 4.69) is 34.6 Å². The Morgan fingerprint density at radius 1 is 0.905 bits per heavy atom. The van der Waals surface area contributed by atoms with E-state index >= 15 is 0 Å². The number of benzene rings is 2. The highest BCUT2D eigenvalue weighted by molar-refractivity contribution is 5.51. The molecule has 0 radical (unpaired) electrons. The van der Waals surface area contributed by atoms with Crippen molar-refractivity contribution in [3.8, 4) is 11.5 Å². The fraction of sp³-hybridized carbons (Fsp3) is 0.176. The first-order valence-corrected chi connectivity index (χ1v) is 6.96. The smallest absolute Gasteiger partial charge is 0.247 e. The van der Waals surface area contributed by atoms with Gasteiger partial charge in [0.25, 0.3) is 0 Å². The topological polar surface area (TPSA) is 51.0 Å². The van der Waals surface area contributed by atoms with Crippen LogP contribution < -0.4 is 5.32 Å². The van der Waals surface area contributed by atoms with Crippen molar-refractivity contribution < 1.29 is 4.42 Å². The molecular formula is C17H17N3O. The minimum absolute atomic E-state index is 0.559. The third kappa shape index (κ3) is 3.35. The van der Waals surface area contributed by atoms with Gasteiger partial charge >= 0.3 is 0 Å². The molecule has 21 heavy (non-hydrogen) atoms. The molecule has 0 unspecified atom stereocenters. The van der Waals surface area contributed by atoms with Gasteiger partial charge in [0, 0.05) is 12.1 Å². The van der Waals surface area contributed by atoms with Crippen LogP contribution in [0.3, 0.4) is 0 Å². The van der Waals surface area contributed by atoms with Crippen LogP contribution in [-0.2, 0) is 13.1 Å². The maximum atomic E-state index is 5.65. The minimum Gasteiger partial charge on any atom is -0.419 e. The van der Waals surface area contributed by atoms with Crippen molar-refractivity contribution in [1.82, 2.24) is 15.5 Å². The molecule has 0 atom stereocenters. The van der Waals surface area contributed by atoms with E-state index in [9.17, 15) is 0 Å². The average Bonchev–Trinajstić information content (AvgIpc) is 2.99. The van der Waals surface area contributed by atoms with E-state index in [4.69, 9.17) is 4.42 Å². The van der Waals surface area contributed by atoms with E-state index in [1.54, 1.807) is 0 Å². The lowest BCUT2D eigenvalue weighted by atomic mass is 10.1. The summed E-state index contributed by atoms with van der Waals surface area (Å²) in [6, 6.07) is 18.1. The zero-order valence-electron chi connectivity index (χ0n) is 11.9. The molecule has 106 valence electrons. The van der Waals surface area contributed by atoms with Crippen molar-refractivity contribution in [2.24, 2.45) is 0 Å². The molecule has 0 spiro atoms. The number of nitrogens with zero attached hydrogens (tertiary/aromatic N) is 2. The van der Waals surface area contributed by atoms with Crippen molar-refractivity contribution in [3.05, 3.63) is 71.6 Å². The monoisotopic (exact) mass is 279 g/mol. The fourth-order valence-corrected chi connectivity index (χ4v) is 2.13. The van der Waals surface area contributed by atoms with Gasteiger partial charge in [0.1, 0.15) is 0 Å². The van der Waals surface area contributed by atoms with Crippen LogP contribution in [0.15, 0.2) is 59.0 Å². The summed E-state index contributed by atoms with van der Waals surface area (Å²) in [5.74, 6) is 1.16. The van der Waals surface area contributed by atoms with Crippen LogP contribution in [0.2, 0.25) is 0 Å². The molecule has 0 aliphatic rings. The second-order valence-electron chi connectivity index (χ2n) is 4.90. The highest BCUT2D eigenvalue weighted by atomic mass is 16.4. The average molecular weight is 279 g/mol. The molecule has 4 nitrogen and oxygen atoms in total. The largest absolute Gasteiger partial charge is 0.419 e. The molecule has 4 heteroatoms. The molecule has 0 aliphatic carbocycles. The number of aryl methyl sites for hydroxylation is 1. The zero-order valence-corrected chi connectivity index (χ0v) is 11.9. The lowest BCUT2D eigenvalue weighted by molar-refractivity contribution is 0.477. The highest BCUT2D eigenvalue weighted by Gasteiger charge is 2.07. The maximum Gasteiger partial charge on any atom is 0.247 e. The first-order valence-electron chi connectivity index (χ1n) is 6.96. The summed E-state index contributed by atoms with van der Waals surface area (Å²) >= 11 is 0. The predicted octanol–water partition coefficient (Wildman–Crippen LogP) is 3.33. The summed E-state index contributed by atoms with van der Waals surface area (Å²) < 4.78 is 5.65. The maximum absolute atomic E-state index is 5.65. The Bertz CT molecular complexity index is 707. The standard InChI is InChI=1S/C17H17N3O/c1-13-7-5-6-10-15(13)11-18-12-16-19-20-17(21-16)14-8-3-2-4-9-14/h2-10,18H,11-12H2,1H3. The Hall–Kier alpha value is -2.46. The van der Waals surface area contributed by atoms with Gasteiger partial charge in [-0.25, -0.2) is 0 Å². The van der Waals surface area contributed by atoms with Crippen LogP contribution in [0.5, 0.6) is 0 Å². The summed E-state index contributed by atoms with van der Waals surface area (Å²) in [6.45, 7) is 3.46. The Kier molecular flexibility index (Phi) is 4.07. The third-order valence-corrected chi connectivity index (χ3v) is 3.34. The summed E-state index contributed by atoms with van der Waals surface area (Å²) in [7, 11) is 0. The van der Waals surface area contributed by atoms with Gasteiger partial charge in [0.05, 0.1) is 6.54 Å². The van der Waals surface area contributed by atoms with Gasteiger partial charge in [-0.3, -0.25) is 0 Å². The van der Waals surface area contributed by atoms with Crippen molar-refractivity contribution in [2.75, 3.05) is 0 Å². The van der Waals surface area contributed by atoms with Gasteiger partial charge < -0.3 is 9.73 Å². The number of aromatic nitrogens is 2. The molecule has 2 aromatic carbocycles. The summed E-state index contributed by atoms with van der Waals surface area (Å²) in [4.78, 5) is 0. The number of hydrogen-bond donors (Lipinski definition) is 1. The fourth-order valence-electron chi connectivity index (χ4n) is 2.13. The van der Waals surface area contributed by atoms with E-state index in [-0.39, 0.29) is 0 Å². The lowest BCUT2D eigenvalue weighted by Crippen LogP contribution is -2.13. The first kappa shape index (κ1) is 13.5. The molecule has 0 saturated heterocycles. The van der Waals surface area contributed by atoms with Crippen molar-refractivity contribution in [1.29, 1.82) is 0 Å². The SMILES string of the molecule is Cc1ccccc1CNCc1nnc(-c2ccccc2)o1. The number of hydrogen-bond acceptors (Lipinski definition) is 4. The van der Waals surface area contributed by atoms with Crippen LogP contribution in [0, 0.1) is 6.92 Å². The van der Waals surface area contributed by atoms with Crippen molar-refractivity contribution in [3.63, 3.8) is 0 Å². The zero-order chi connectivity index (χ0) is 14.5. The predicted molar refractivity (Wildman–Crippen MR) is 81.5 cm³/mol. The Balaban J connectivity index is 1.60. The molecule has 1 aromatic heterocycles. The lowest BCUT2D eigenvalue weighted by Gasteiger charge is -2.05. The molecule has 0 bridgehead atoms. The molecule has 3 aromatic rings. The van der Waals surface area contributed by atoms with Crippen LogP contribution in [0.4, 0.5) is 0 Å². The molecule has 1 N–H and O–H groups in total. The summed E-state index contributed by atoms with van der Waals surface area (Å²) in [5.41, 5.74) is 3.50. The van der Waals surface area contributed by atoms with Gasteiger partial charge in [0.2, 0.25) is 11.8 Å². The second kappa shape index (κ2) is 6.33. The normalized spacial score (nSPS) is 10.7. The van der Waals surface area contributed by atoms with Gasteiger partial charge in [0.15, 0.2) is 0 Å². The van der Waals surface area contributed by atoms with Crippen LogP contribution >= 0.6 is 0 Å². The van der Waals surface area contributed by atoms with E-state index in [0.717, 1.165) is 12.1 Å². The van der Waals surface area contributed by atoms with Gasteiger partial charge in [-0.05, 0) is 30.2 Å². The number of nitrogens with one attached hydrogen (secondary N) is 1. The summed E-state index contributed by atoms with van der Waals surface area (Å²) in [5, 5.41) is 11.5. The Labute approximate surface area is 123 Å². The van der Waals surface area contributed by atoms with Crippen molar-refractivity contribution >= 4 is 0 Å². The van der Waals surface area contributed by atoms with E-state index in [1.807, 2.05) is 42.5 Å². The molecule has 1 heterocycles. The summed E-state index contributed by atoms with van der Waals surface area (Å²) in [6.07, 6.45) is 0. The third-order valence-electron chi connectivity index (χ3n) is 3.34. The van der Waals surface area contributed by atoms with Crippen LogP contribution in [0.1, 0.15) is 17.0 Å². The van der Waals surface area contributed by atoms with Crippen molar-refractivity contribution in [2.45, 2.75) is 20.0 Å². The quantitative estimate of drug-likeness (QED) is 0.778. The molecule has 0 amide bonds. The van der Waals surface area contributed by atoms with E-state index < -0.39 is 0 Å². The Morgan fingerprint density at radius 2 is 1.67 bits per heavy atom. The van der Waals surface area contributed by atoms with E-state index in [0.29, 0.717) is 18.3 Å². The molecule has 0 aliphatic heterocycles. The molecule has 3 rings (SSSR count). The van der Waals surface area contributed by atoms with Gasteiger partial charge in [-0.2, -0.15) is 0 Å². The van der Waals surface area contributed by atoms with Gasteiger partial charge in [-0.1, -0.05) is 42.5 Å². The highest BCUT2D eigenvalue weighted by Crippen LogP contribution is 2.16. The minimum atomic E-state index is 0.559. The first-order chi connectivity index (χ1) is 10.3. The van der Waals surface area contributed by atoms with E-state index in [1.165, 1.54) is 11.1 Å². The van der Waals surface area contributed by atoms with Gasteiger partial charge in [-0.15, -0.1) is 10.2 Å². The molecule has 0 saturated carbocycles. The number of rotatable bonds is 5. The second-order valence-corrected chi connectivity index (χ2v) is 4.90. The van der Waals surface area contributed by atoms with Crippen LogP contribution in [-0.4, -0.2) is 10.2 Å². The Morgan fingerprint density at radius 3 is 2.48 bits per heavy atom. The van der Waals surface area contributed by atoms with Crippen LogP contribution in [0.25, 0.3) is 11.5 Å².